The summed E-state index contributed by atoms with van der Waals surface area (Å²) in [6, 6.07) is 13.6. The Balaban J connectivity index is 1.89. The summed E-state index contributed by atoms with van der Waals surface area (Å²) in [6.45, 7) is 0. The van der Waals surface area contributed by atoms with Crippen LogP contribution in [-0.4, -0.2) is 10.2 Å². The summed E-state index contributed by atoms with van der Waals surface area (Å²) in [5.74, 6) is 1.66. The fourth-order valence-corrected chi connectivity index (χ4v) is 4.24. The van der Waals surface area contributed by atoms with Gasteiger partial charge in [0.05, 0.1) is 4.90 Å². The van der Waals surface area contributed by atoms with Gasteiger partial charge in [-0.3, -0.25) is 0 Å². The minimum Gasteiger partial charge on any atom is -0.485 e. The Hall–Kier alpha value is -0.750. The van der Waals surface area contributed by atoms with E-state index in [1.54, 1.807) is 17.8 Å². The number of hydrogen-bond donors (Lipinski definition) is 0. The van der Waals surface area contributed by atoms with Crippen LogP contribution in [0.25, 0.3) is 0 Å². The molecular formula is C17H16FIOS. The Bertz CT molecular complexity index is 618. The zero-order valence-corrected chi connectivity index (χ0v) is 14.5. The van der Waals surface area contributed by atoms with E-state index in [-0.39, 0.29) is 11.9 Å². The van der Waals surface area contributed by atoms with E-state index in [2.05, 4.69) is 34.7 Å². The lowest BCUT2D eigenvalue weighted by Crippen LogP contribution is -2.09. The molecule has 0 fully saturated rings. The molecule has 0 amide bonds. The highest BCUT2D eigenvalue weighted by Crippen LogP contribution is 2.42. The lowest BCUT2D eigenvalue weighted by atomic mass is 10.1. The van der Waals surface area contributed by atoms with Crippen molar-refractivity contribution in [3.63, 3.8) is 0 Å². The number of thioether (sulfide) groups is 1. The SMILES string of the molecule is Fc1ccc(OC(CCI)c2ccccc2)c2c1CCS2. The van der Waals surface area contributed by atoms with Gasteiger partial charge in [0.2, 0.25) is 0 Å². The molecule has 1 atom stereocenters. The van der Waals surface area contributed by atoms with Crippen LogP contribution >= 0.6 is 34.4 Å². The Morgan fingerprint density at radius 2 is 2.00 bits per heavy atom. The van der Waals surface area contributed by atoms with Gasteiger partial charge in [-0.25, -0.2) is 4.39 Å². The quantitative estimate of drug-likeness (QED) is 0.478. The Kier molecular flexibility index (Phi) is 5.06. The predicted molar refractivity (Wildman–Crippen MR) is 94.1 cm³/mol. The first-order valence-corrected chi connectivity index (χ1v) is 9.52. The maximum Gasteiger partial charge on any atom is 0.134 e. The molecule has 0 saturated heterocycles. The van der Waals surface area contributed by atoms with Crippen LogP contribution in [-0.2, 0) is 6.42 Å². The number of ether oxygens (including phenoxy) is 1. The van der Waals surface area contributed by atoms with Crippen molar-refractivity contribution in [2.45, 2.75) is 23.8 Å². The summed E-state index contributed by atoms with van der Waals surface area (Å²) < 4.78 is 21.1. The average Bonchev–Trinajstić information content (AvgIpc) is 3.01. The number of benzene rings is 2. The third kappa shape index (κ3) is 3.37. The second kappa shape index (κ2) is 7.01. The first-order valence-electron chi connectivity index (χ1n) is 7.01. The fourth-order valence-electron chi connectivity index (χ4n) is 2.54. The smallest absolute Gasteiger partial charge is 0.134 e. The molecular weight excluding hydrogens is 398 g/mol. The summed E-state index contributed by atoms with van der Waals surface area (Å²) >= 11 is 4.07. The number of rotatable bonds is 5. The zero-order chi connectivity index (χ0) is 14.7. The summed E-state index contributed by atoms with van der Waals surface area (Å²) in [4.78, 5) is 0.990. The molecule has 0 bridgehead atoms. The summed E-state index contributed by atoms with van der Waals surface area (Å²) in [5.41, 5.74) is 1.99. The molecule has 1 nitrogen and oxygen atoms in total. The first kappa shape index (κ1) is 15.2. The van der Waals surface area contributed by atoms with Crippen molar-refractivity contribution < 1.29 is 9.13 Å². The van der Waals surface area contributed by atoms with Crippen molar-refractivity contribution in [1.29, 1.82) is 0 Å². The van der Waals surface area contributed by atoms with Gasteiger partial charge < -0.3 is 4.74 Å². The number of alkyl halides is 1. The van der Waals surface area contributed by atoms with Crippen LogP contribution in [0.1, 0.15) is 23.7 Å². The molecule has 110 valence electrons. The molecule has 1 unspecified atom stereocenters. The van der Waals surface area contributed by atoms with Crippen LogP contribution in [0.3, 0.4) is 0 Å². The Labute approximate surface area is 142 Å². The van der Waals surface area contributed by atoms with Crippen LogP contribution in [0, 0.1) is 5.82 Å². The zero-order valence-electron chi connectivity index (χ0n) is 11.5. The minimum absolute atomic E-state index is 0.0267. The van der Waals surface area contributed by atoms with Gasteiger partial charge in [-0.15, -0.1) is 11.8 Å². The second-order valence-corrected chi connectivity index (χ2v) is 7.13. The van der Waals surface area contributed by atoms with Crippen molar-refractivity contribution in [2.24, 2.45) is 0 Å². The largest absolute Gasteiger partial charge is 0.485 e. The molecule has 0 radical (unpaired) electrons. The van der Waals surface area contributed by atoms with Crippen molar-refractivity contribution >= 4 is 34.4 Å². The maximum atomic E-state index is 13.8. The van der Waals surface area contributed by atoms with Crippen LogP contribution in [0.4, 0.5) is 4.39 Å². The van der Waals surface area contributed by atoms with E-state index in [1.807, 2.05) is 18.2 Å². The highest BCUT2D eigenvalue weighted by atomic mass is 127. The van der Waals surface area contributed by atoms with Gasteiger partial charge in [-0.1, -0.05) is 52.9 Å². The first-order chi connectivity index (χ1) is 10.3. The third-order valence-electron chi connectivity index (χ3n) is 3.58. The number of hydrogen-bond acceptors (Lipinski definition) is 2. The molecule has 0 N–H and O–H groups in total. The van der Waals surface area contributed by atoms with E-state index < -0.39 is 0 Å². The van der Waals surface area contributed by atoms with Gasteiger partial charge in [0.25, 0.3) is 0 Å². The molecule has 1 aliphatic rings. The lowest BCUT2D eigenvalue weighted by Gasteiger charge is -2.20. The average molecular weight is 414 g/mol. The van der Waals surface area contributed by atoms with E-state index in [9.17, 15) is 4.39 Å². The molecule has 2 aromatic carbocycles. The van der Waals surface area contributed by atoms with Gasteiger partial charge >= 0.3 is 0 Å². The fraction of sp³-hybridized carbons (Fsp3) is 0.294. The van der Waals surface area contributed by atoms with Crippen LogP contribution in [0.2, 0.25) is 0 Å². The van der Waals surface area contributed by atoms with Gasteiger partial charge in [0.1, 0.15) is 17.7 Å². The molecule has 21 heavy (non-hydrogen) atoms. The number of fused-ring (bicyclic) bond motifs is 1. The van der Waals surface area contributed by atoms with Crippen molar-refractivity contribution in [1.82, 2.24) is 0 Å². The van der Waals surface area contributed by atoms with E-state index >= 15 is 0 Å². The van der Waals surface area contributed by atoms with Crippen molar-refractivity contribution in [2.75, 3.05) is 10.2 Å². The van der Waals surface area contributed by atoms with Crippen molar-refractivity contribution in [3.05, 3.63) is 59.4 Å². The Morgan fingerprint density at radius 1 is 1.19 bits per heavy atom. The summed E-state index contributed by atoms with van der Waals surface area (Å²) in [5, 5.41) is 0. The highest BCUT2D eigenvalue weighted by Gasteiger charge is 2.22. The van der Waals surface area contributed by atoms with Crippen molar-refractivity contribution in [3.8, 4) is 5.75 Å². The van der Waals surface area contributed by atoms with E-state index in [0.717, 1.165) is 39.2 Å². The van der Waals surface area contributed by atoms with E-state index in [0.29, 0.717) is 0 Å². The molecule has 1 aliphatic heterocycles. The molecule has 3 rings (SSSR count). The molecule has 2 aromatic rings. The minimum atomic E-state index is -0.104. The summed E-state index contributed by atoms with van der Waals surface area (Å²) in [7, 11) is 0. The van der Waals surface area contributed by atoms with Gasteiger partial charge in [-0.2, -0.15) is 0 Å². The molecule has 1 heterocycles. The predicted octanol–water partition coefficient (Wildman–Crippen LogP) is 5.42. The molecule has 0 spiro atoms. The van der Waals surface area contributed by atoms with Crippen LogP contribution in [0.5, 0.6) is 5.75 Å². The van der Waals surface area contributed by atoms with E-state index in [4.69, 9.17) is 4.74 Å². The molecule has 0 aromatic heterocycles. The van der Waals surface area contributed by atoms with Crippen LogP contribution < -0.4 is 4.74 Å². The molecule has 0 aliphatic carbocycles. The van der Waals surface area contributed by atoms with Gasteiger partial charge in [0, 0.05) is 15.7 Å². The molecule has 0 saturated carbocycles. The Morgan fingerprint density at radius 3 is 2.76 bits per heavy atom. The van der Waals surface area contributed by atoms with E-state index in [1.165, 1.54) is 11.6 Å². The second-order valence-electron chi connectivity index (χ2n) is 4.95. The monoisotopic (exact) mass is 414 g/mol. The lowest BCUT2D eigenvalue weighted by molar-refractivity contribution is 0.198. The topological polar surface area (TPSA) is 9.23 Å². The molecule has 4 heteroatoms. The highest BCUT2D eigenvalue weighted by molar-refractivity contribution is 14.1. The standard InChI is InChI=1S/C17H16FIOS/c18-14-6-7-16(17-13(14)9-11-21-17)20-15(8-10-19)12-4-2-1-3-5-12/h1-7,15H,8-11H2. The third-order valence-corrected chi connectivity index (χ3v) is 5.34. The van der Waals surface area contributed by atoms with Gasteiger partial charge in [-0.05, 0) is 30.5 Å². The number of halogens is 2. The summed E-state index contributed by atoms with van der Waals surface area (Å²) in [6.07, 6.45) is 1.77. The maximum absolute atomic E-state index is 13.8. The van der Waals surface area contributed by atoms with Gasteiger partial charge in [0.15, 0.2) is 0 Å². The van der Waals surface area contributed by atoms with Crippen LogP contribution in [0.15, 0.2) is 47.4 Å². The normalized spacial score (nSPS) is 14.8.